The molecule has 0 aromatic rings. The van der Waals surface area contributed by atoms with Gasteiger partial charge in [-0.3, -0.25) is 0 Å². The summed E-state index contributed by atoms with van der Waals surface area (Å²) in [5.41, 5.74) is 0. The van der Waals surface area contributed by atoms with Gasteiger partial charge in [0.2, 0.25) is 0 Å². The molecule has 1 saturated heterocycles. The highest BCUT2D eigenvalue weighted by molar-refractivity contribution is 4.81. The monoisotopic (exact) mass is 242 g/mol. The number of rotatable bonds is 7. The van der Waals surface area contributed by atoms with Gasteiger partial charge >= 0.3 is 0 Å². The summed E-state index contributed by atoms with van der Waals surface area (Å²) < 4.78 is 5.29. The normalized spacial score (nSPS) is 22.6. The maximum absolute atomic E-state index is 5.29. The average molecular weight is 242 g/mol. The van der Waals surface area contributed by atoms with E-state index in [1.807, 2.05) is 0 Å². The smallest absolute Gasteiger partial charge is 0.0615 e. The molecule has 17 heavy (non-hydrogen) atoms. The molecule has 3 heteroatoms. The summed E-state index contributed by atoms with van der Waals surface area (Å²) in [6.07, 6.45) is 5.10. The Bertz CT molecular complexity index is 185. The molecular weight excluding hydrogens is 212 g/mol. The fourth-order valence-corrected chi connectivity index (χ4v) is 2.80. The standard InChI is InChI=1S/C14H30N2O/c1-5-6-14(11-17-4)15-12(2)13-7-9-16(3)10-8-13/h12-15H,5-11H2,1-4H3. The molecular formula is C14H30N2O. The van der Waals surface area contributed by atoms with E-state index >= 15 is 0 Å². The summed E-state index contributed by atoms with van der Waals surface area (Å²) >= 11 is 0. The van der Waals surface area contributed by atoms with Crippen LogP contribution in [0.2, 0.25) is 0 Å². The molecule has 2 atom stereocenters. The van der Waals surface area contributed by atoms with E-state index in [0.29, 0.717) is 12.1 Å². The highest BCUT2D eigenvalue weighted by Crippen LogP contribution is 2.20. The van der Waals surface area contributed by atoms with Crippen LogP contribution < -0.4 is 5.32 Å². The predicted molar refractivity (Wildman–Crippen MR) is 73.4 cm³/mol. The van der Waals surface area contributed by atoms with Crippen molar-refractivity contribution in [3.63, 3.8) is 0 Å². The highest BCUT2D eigenvalue weighted by Gasteiger charge is 2.23. The lowest BCUT2D eigenvalue weighted by Gasteiger charge is -2.35. The quantitative estimate of drug-likeness (QED) is 0.740. The maximum atomic E-state index is 5.29. The molecule has 1 heterocycles. The first kappa shape index (κ1) is 14.9. The fraction of sp³-hybridized carbons (Fsp3) is 1.00. The number of likely N-dealkylation sites (tertiary alicyclic amines) is 1. The summed E-state index contributed by atoms with van der Waals surface area (Å²) in [6.45, 7) is 7.92. The van der Waals surface area contributed by atoms with Gasteiger partial charge < -0.3 is 15.0 Å². The van der Waals surface area contributed by atoms with Gasteiger partial charge in [-0.25, -0.2) is 0 Å². The van der Waals surface area contributed by atoms with Crippen molar-refractivity contribution in [2.75, 3.05) is 33.9 Å². The Morgan fingerprint density at radius 2 is 2.00 bits per heavy atom. The van der Waals surface area contributed by atoms with E-state index in [4.69, 9.17) is 4.74 Å². The average Bonchev–Trinajstić information content (AvgIpc) is 2.30. The van der Waals surface area contributed by atoms with Crippen LogP contribution in [0.1, 0.15) is 39.5 Å². The van der Waals surface area contributed by atoms with Crippen molar-refractivity contribution < 1.29 is 4.74 Å². The first-order valence-corrected chi connectivity index (χ1v) is 7.10. The highest BCUT2D eigenvalue weighted by atomic mass is 16.5. The van der Waals surface area contributed by atoms with Crippen LogP contribution in [0.3, 0.4) is 0 Å². The summed E-state index contributed by atoms with van der Waals surface area (Å²) in [5, 5.41) is 3.76. The minimum atomic E-state index is 0.527. The third kappa shape index (κ3) is 5.36. The number of hydrogen-bond donors (Lipinski definition) is 1. The molecule has 102 valence electrons. The lowest BCUT2D eigenvalue weighted by atomic mass is 9.90. The van der Waals surface area contributed by atoms with Gasteiger partial charge in [-0.1, -0.05) is 13.3 Å². The third-order valence-electron chi connectivity index (χ3n) is 3.97. The minimum absolute atomic E-state index is 0.527. The lowest BCUT2D eigenvalue weighted by molar-refractivity contribution is 0.136. The van der Waals surface area contributed by atoms with Crippen molar-refractivity contribution in [2.45, 2.75) is 51.6 Å². The van der Waals surface area contributed by atoms with Crippen LogP contribution in [-0.2, 0) is 4.74 Å². The minimum Gasteiger partial charge on any atom is -0.383 e. The van der Waals surface area contributed by atoms with E-state index in [0.717, 1.165) is 12.5 Å². The van der Waals surface area contributed by atoms with E-state index in [2.05, 4.69) is 31.1 Å². The lowest BCUT2D eigenvalue weighted by Crippen LogP contribution is -2.46. The summed E-state index contributed by atoms with van der Waals surface area (Å²) in [5.74, 6) is 0.836. The van der Waals surface area contributed by atoms with Gasteiger partial charge in [-0.15, -0.1) is 0 Å². The Morgan fingerprint density at radius 3 is 2.53 bits per heavy atom. The molecule has 1 N–H and O–H groups in total. The molecule has 0 radical (unpaired) electrons. The fourth-order valence-electron chi connectivity index (χ4n) is 2.80. The van der Waals surface area contributed by atoms with Gasteiger partial charge in [0.15, 0.2) is 0 Å². The molecule has 1 aliphatic heterocycles. The van der Waals surface area contributed by atoms with Gasteiger partial charge in [-0.05, 0) is 52.2 Å². The second kappa shape index (κ2) is 8.06. The van der Waals surface area contributed by atoms with Crippen molar-refractivity contribution in [1.82, 2.24) is 10.2 Å². The van der Waals surface area contributed by atoms with Crippen LogP contribution in [0, 0.1) is 5.92 Å². The van der Waals surface area contributed by atoms with Crippen LogP contribution in [-0.4, -0.2) is 50.8 Å². The number of nitrogens with one attached hydrogen (secondary N) is 1. The van der Waals surface area contributed by atoms with Crippen LogP contribution >= 0.6 is 0 Å². The Kier molecular flexibility index (Phi) is 7.09. The maximum Gasteiger partial charge on any atom is 0.0615 e. The second-order valence-corrected chi connectivity index (χ2v) is 5.54. The number of ether oxygens (including phenoxy) is 1. The zero-order valence-electron chi connectivity index (χ0n) is 12.0. The molecule has 3 nitrogen and oxygen atoms in total. The Balaban J connectivity index is 2.32. The first-order chi connectivity index (χ1) is 8.17. The van der Waals surface area contributed by atoms with Gasteiger partial charge in [0.25, 0.3) is 0 Å². The molecule has 0 bridgehead atoms. The molecule has 2 unspecified atom stereocenters. The second-order valence-electron chi connectivity index (χ2n) is 5.54. The van der Waals surface area contributed by atoms with Gasteiger partial charge in [0.05, 0.1) is 6.61 Å². The summed E-state index contributed by atoms with van der Waals surface area (Å²) in [6, 6.07) is 1.15. The molecule has 1 fully saturated rings. The van der Waals surface area contributed by atoms with Crippen LogP contribution in [0.4, 0.5) is 0 Å². The number of piperidine rings is 1. The summed E-state index contributed by atoms with van der Waals surface area (Å²) in [4.78, 5) is 2.43. The predicted octanol–water partition coefficient (Wildman–Crippen LogP) is 2.12. The van der Waals surface area contributed by atoms with Crippen molar-refractivity contribution in [3.8, 4) is 0 Å². The van der Waals surface area contributed by atoms with E-state index in [1.165, 1.54) is 38.8 Å². The zero-order valence-corrected chi connectivity index (χ0v) is 12.0. The van der Waals surface area contributed by atoms with Gasteiger partial charge in [0.1, 0.15) is 0 Å². The van der Waals surface area contributed by atoms with Gasteiger partial charge in [-0.2, -0.15) is 0 Å². The summed E-state index contributed by atoms with van der Waals surface area (Å²) in [7, 11) is 4.02. The van der Waals surface area contributed by atoms with E-state index < -0.39 is 0 Å². The Morgan fingerprint density at radius 1 is 1.35 bits per heavy atom. The topological polar surface area (TPSA) is 24.5 Å². The SMILES string of the molecule is CCCC(COC)NC(C)C1CCN(C)CC1. The Hall–Kier alpha value is -0.120. The first-order valence-electron chi connectivity index (χ1n) is 7.10. The van der Waals surface area contributed by atoms with E-state index in [-0.39, 0.29) is 0 Å². The largest absolute Gasteiger partial charge is 0.383 e. The molecule has 1 rings (SSSR count). The molecule has 0 spiro atoms. The molecule has 0 amide bonds. The van der Waals surface area contributed by atoms with Crippen molar-refractivity contribution >= 4 is 0 Å². The number of hydrogen-bond acceptors (Lipinski definition) is 3. The van der Waals surface area contributed by atoms with E-state index in [9.17, 15) is 0 Å². The molecule has 0 saturated carbocycles. The van der Waals surface area contributed by atoms with Crippen LogP contribution in [0.5, 0.6) is 0 Å². The van der Waals surface area contributed by atoms with Crippen molar-refractivity contribution in [3.05, 3.63) is 0 Å². The van der Waals surface area contributed by atoms with Crippen molar-refractivity contribution in [1.29, 1.82) is 0 Å². The van der Waals surface area contributed by atoms with E-state index in [1.54, 1.807) is 7.11 Å². The molecule has 1 aliphatic rings. The van der Waals surface area contributed by atoms with Crippen LogP contribution in [0.25, 0.3) is 0 Å². The molecule has 0 aromatic carbocycles. The van der Waals surface area contributed by atoms with Crippen LogP contribution in [0.15, 0.2) is 0 Å². The number of nitrogens with zero attached hydrogens (tertiary/aromatic N) is 1. The molecule has 0 aliphatic carbocycles. The van der Waals surface area contributed by atoms with Gasteiger partial charge in [0, 0.05) is 19.2 Å². The Labute approximate surface area is 107 Å². The zero-order chi connectivity index (χ0) is 12.7. The number of methoxy groups -OCH3 is 1. The third-order valence-corrected chi connectivity index (χ3v) is 3.97. The molecule has 0 aromatic heterocycles. The van der Waals surface area contributed by atoms with Crippen molar-refractivity contribution in [2.24, 2.45) is 5.92 Å².